The van der Waals surface area contributed by atoms with Crippen molar-refractivity contribution in [2.75, 3.05) is 7.05 Å². The zero-order chi connectivity index (χ0) is 9.89. The van der Waals surface area contributed by atoms with Crippen LogP contribution in [0.1, 0.15) is 34.6 Å². The van der Waals surface area contributed by atoms with E-state index in [1.54, 1.807) is 0 Å². The van der Waals surface area contributed by atoms with Gasteiger partial charge in [0.2, 0.25) is 0 Å². The summed E-state index contributed by atoms with van der Waals surface area (Å²) in [6.45, 7) is 15.1. The molecular weight excluding hydrogens is 146 g/mol. The van der Waals surface area contributed by atoms with Crippen LogP contribution in [0.3, 0.4) is 0 Å². The lowest BCUT2D eigenvalue weighted by Gasteiger charge is -2.33. The number of hydrogen-bond donors (Lipinski definition) is 0. The van der Waals surface area contributed by atoms with E-state index in [1.165, 1.54) is 5.57 Å². The maximum absolute atomic E-state index is 3.99. The van der Waals surface area contributed by atoms with E-state index in [-0.39, 0.29) is 0 Å². The van der Waals surface area contributed by atoms with Crippen LogP contribution in [0.2, 0.25) is 0 Å². The molecule has 72 valence electrons. The van der Waals surface area contributed by atoms with Crippen molar-refractivity contribution in [3.63, 3.8) is 0 Å². The van der Waals surface area contributed by atoms with Crippen LogP contribution in [-0.2, 0) is 0 Å². The molecule has 1 heteroatoms. The average Bonchev–Trinajstić information content (AvgIpc) is 2.00. The molecule has 0 aliphatic carbocycles. The summed E-state index contributed by atoms with van der Waals surface area (Å²) in [5.41, 5.74) is 1.27. The molecule has 0 heterocycles. The van der Waals surface area contributed by atoms with Gasteiger partial charge in [-0.2, -0.15) is 0 Å². The van der Waals surface area contributed by atoms with E-state index < -0.39 is 0 Å². The first-order valence-electron chi connectivity index (χ1n) is 4.75. The molecule has 12 heavy (non-hydrogen) atoms. The Balaban J connectivity index is 4.18. The van der Waals surface area contributed by atoms with Gasteiger partial charge in [-0.05, 0) is 40.7 Å². The second kappa shape index (κ2) is 4.66. The molecule has 0 aromatic rings. The molecule has 0 fully saturated rings. The fourth-order valence-electron chi connectivity index (χ4n) is 1.23. The van der Waals surface area contributed by atoms with Gasteiger partial charge in [0.05, 0.1) is 0 Å². The van der Waals surface area contributed by atoms with Crippen LogP contribution in [0.25, 0.3) is 0 Å². The number of hydrogen-bond acceptors (Lipinski definition) is 1. The molecule has 0 aliphatic rings. The Labute approximate surface area is 77.5 Å². The highest BCUT2D eigenvalue weighted by atomic mass is 15.1. The zero-order valence-electron chi connectivity index (χ0n) is 9.39. The minimum Gasteiger partial charge on any atom is -0.301 e. The van der Waals surface area contributed by atoms with Crippen molar-refractivity contribution in [2.45, 2.75) is 46.7 Å². The molecular formula is C11H23N. The standard InChI is InChI=1S/C11H23N/c1-8(2)10(5)11(6)12(7)9(3)4/h9-11H,1H2,2-7H3. The molecule has 0 aromatic heterocycles. The maximum atomic E-state index is 3.99. The Bertz CT molecular complexity index is 149. The van der Waals surface area contributed by atoms with Gasteiger partial charge >= 0.3 is 0 Å². The Morgan fingerprint density at radius 1 is 1.17 bits per heavy atom. The fourth-order valence-corrected chi connectivity index (χ4v) is 1.23. The molecule has 2 atom stereocenters. The SMILES string of the molecule is C=C(C)C(C)C(C)N(C)C(C)C. The minimum absolute atomic E-state index is 0.581. The Morgan fingerprint density at radius 2 is 1.58 bits per heavy atom. The van der Waals surface area contributed by atoms with E-state index >= 15 is 0 Å². The van der Waals surface area contributed by atoms with Crippen molar-refractivity contribution in [3.8, 4) is 0 Å². The van der Waals surface area contributed by atoms with Crippen LogP contribution in [0, 0.1) is 5.92 Å². The normalized spacial score (nSPS) is 16.7. The largest absolute Gasteiger partial charge is 0.301 e. The fraction of sp³-hybridized carbons (Fsp3) is 0.818. The Morgan fingerprint density at radius 3 is 1.83 bits per heavy atom. The van der Waals surface area contributed by atoms with Gasteiger partial charge in [-0.15, -0.1) is 0 Å². The first kappa shape index (κ1) is 11.7. The maximum Gasteiger partial charge on any atom is 0.0129 e. The van der Waals surface area contributed by atoms with Crippen molar-refractivity contribution in [1.82, 2.24) is 4.90 Å². The third kappa shape index (κ3) is 2.98. The number of nitrogens with zero attached hydrogens (tertiary/aromatic N) is 1. The highest BCUT2D eigenvalue weighted by Gasteiger charge is 2.18. The van der Waals surface area contributed by atoms with Gasteiger partial charge in [0.25, 0.3) is 0 Å². The first-order chi connectivity index (χ1) is 5.37. The summed E-state index contributed by atoms with van der Waals surface area (Å²) in [7, 11) is 2.18. The second-order valence-corrected chi connectivity index (χ2v) is 4.13. The van der Waals surface area contributed by atoms with Crippen LogP contribution in [-0.4, -0.2) is 24.0 Å². The third-order valence-corrected chi connectivity index (χ3v) is 2.96. The molecule has 0 amide bonds. The van der Waals surface area contributed by atoms with Crippen LogP contribution in [0.5, 0.6) is 0 Å². The highest BCUT2D eigenvalue weighted by molar-refractivity contribution is 4.98. The van der Waals surface area contributed by atoms with Gasteiger partial charge in [0, 0.05) is 12.1 Å². The van der Waals surface area contributed by atoms with Gasteiger partial charge in [0.15, 0.2) is 0 Å². The van der Waals surface area contributed by atoms with E-state index in [9.17, 15) is 0 Å². The van der Waals surface area contributed by atoms with Crippen LogP contribution >= 0.6 is 0 Å². The van der Waals surface area contributed by atoms with Crippen molar-refractivity contribution < 1.29 is 0 Å². The summed E-state index contributed by atoms with van der Waals surface area (Å²) in [6, 6.07) is 1.20. The molecule has 2 unspecified atom stereocenters. The molecule has 0 spiro atoms. The van der Waals surface area contributed by atoms with Crippen molar-refractivity contribution in [1.29, 1.82) is 0 Å². The Hall–Kier alpha value is -0.300. The molecule has 0 N–H and O–H groups in total. The van der Waals surface area contributed by atoms with Gasteiger partial charge < -0.3 is 4.90 Å². The summed E-state index contributed by atoms with van der Waals surface area (Å²) in [5.74, 6) is 0.581. The summed E-state index contributed by atoms with van der Waals surface area (Å²) >= 11 is 0. The monoisotopic (exact) mass is 169 g/mol. The summed E-state index contributed by atoms with van der Waals surface area (Å²) in [5, 5.41) is 0. The predicted molar refractivity (Wildman–Crippen MR) is 56.3 cm³/mol. The minimum atomic E-state index is 0.581. The lowest BCUT2D eigenvalue weighted by atomic mass is 9.95. The first-order valence-corrected chi connectivity index (χ1v) is 4.75. The van der Waals surface area contributed by atoms with Crippen molar-refractivity contribution in [3.05, 3.63) is 12.2 Å². The van der Waals surface area contributed by atoms with E-state index in [2.05, 4.69) is 53.1 Å². The van der Waals surface area contributed by atoms with E-state index in [0.717, 1.165) is 0 Å². The number of rotatable bonds is 4. The van der Waals surface area contributed by atoms with Crippen molar-refractivity contribution >= 4 is 0 Å². The molecule has 0 bridgehead atoms. The van der Waals surface area contributed by atoms with Crippen LogP contribution < -0.4 is 0 Å². The summed E-state index contributed by atoms with van der Waals surface area (Å²) in [4.78, 5) is 2.39. The molecule has 0 rings (SSSR count). The van der Waals surface area contributed by atoms with E-state index in [1.807, 2.05) is 0 Å². The molecule has 1 nitrogen and oxygen atoms in total. The molecule has 0 aromatic carbocycles. The molecule has 0 saturated carbocycles. The highest BCUT2D eigenvalue weighted by Crippen LogP contribution is 2.17. The summed E-state index contributed by atoms with van der Waals surface area (Å²) < 4.78 is 0. The van der Waals surface area contributed by atoms with Gasteiger partial charge in [-0.1, -0.05) is 19.1 Å². The molecule has 0 aliphatic heterocycles. The second-order valence-electron chi connectivity index (χ2n) is 4.13. The van der Waals surface area contributed by atoms with Crippen LogP contribution in [0.15, 0.2) is 12.2 Å². The lowest BCUT2D eigenvalue weighted by molar-refractivity contribution is 0.174. The topological polar surface area (TPSA) is 3.24 Å². The van der Waals surface area contributed by atoms with Gasteiger partial charge in [0.1, 0.15) is 0 Å². The summed E-state index contributed by atoms with van der Waals surface area (Å²) in [6.07, 6.45) is 0. The molecule has 0 radical (unpaired) electrons. The Kier molecular flexibility index (Phi) is 4.54. The van der Waals surface area contributed by atoms with Gasteiger partial charge in [-0.3, -0.25) is 0 Å². The quantitative estimate of drug-likeness (QED) is 0.585. The zero-order valence-corrected chi connectivity index (χ0v) is 9.39. The molecule has 0 saturated heterocycles. The van der Waals surface area contributed by atoms with E-state index in [4.69, 9.17) is 0 Å². The van der Waals surface area contributed by atoms with Crippen LogP contribution in [0.4, 0.5) is 0 Å². The lowest BCUT2D eigenvalue weighted by Crippen LogP contribution is -2.39. The predicted octanol–water partition coefficient (Wildman–Crippen LogP) is 2.93. The van der Waals surface area contributed by atoms with E-state index in [0.29, 0.717) is 18.0 Å². The average molecular weight is 169 g/mol. The smallest absolute Gasteiger partial charge is 0.0129 e. The van der Waals surface area contributed by atoms with Crippen molar-refractivity contribution in [2.24, 2.45) is 5.92 Å². The van der Waals surface area contributed by atoms with Gasteiger partial charge in [-0.25, -0.2) is 0 Å². The third-order valence-electron chi connectivity index (χ3n) is 2.96.